The topological polar surface area (TPSA) is 40.5 Å². The molecule has 2 N–H and O–H groups in total. The number of allylic oxidation sites excluding steroid dienone is 1. The summed E-state index contributed by atoms with van der Waals surface area (Å²) in [5.41, 5.74) is 5.77. The van der Waals surface area contributed by atoms with Gasteiger partial charge in [0.2, 0.25) is 0 Å². The van der Waals surface area contributed by atoms with Crippen LogP contribution in [0, 0.1) is 18.8 Å². The Morgan fingerprint density at radius 2 is 1.69 bits per heavy atom. The largest absolute Gasteiger partial charge is 0.512 e. The Balaban J connectivity index is 1.75. The Hall–Kier alpha value is -0.580. The van der Waals surface area contributed by atoms with E-state index in [1.807, 2.05) is 0 Å². The van der Waals surface area contributed by atoms with E-state index < -0.39 is 6.10 Å². The van der Waals surface area contributed by atoms with E-state index >= 15 is 0 Å². The summed E-state index contributed by atoms with van der Waals surface area (Å²) in [4.78, 5) is 0. The zero-order valence-corrected chi connectivity index (χ0v) is 17.7. The van der Waals surface area contributed by atoms with Gasteiger partial charge >= 0.3 is 0 Å². The third-order valence-electron chi connectivity index (χ3n) is 6.42. The highest BCUT2D eigenvalue weighted by Crippen LogP contribution is 2.62. The monoisotopic (exact) mass is 390 g/mol. The molecule has 2 aliphatic carbocycles. The summed E-state index contributed by atoms with van der Waals surface area (Å²) in [5.74, 6) is 3.24. The molecule has 1 aliphatic heterocycles. The van der Waals surface area contributed by atoms with Gasteiger partial charge in [-0.15, -0.1) is 23.5 Å². The predicted molar refractivity (Wildman–Crippen MR) is 114 cm³/mol. The second-order valence-electron chi connectivity index (χ2n) is 8.05. The molecule has 0 aromatic heterocycles. The molecular weight excluding hydrogens is 360 g/mol. The molecule has 1 heterocycles. The average molecular weight is 391 g/mol. The Bertz CT molecular complexity index is 709. The van der Waals surface area contributed by atoms with Crippen LogP contribution in [0.2, 0.25) is 0 Å². The first-order valence-electron chi connectivity index (χ1n) is 10.0. The fourth-order valence-corrected chi connectivity index (χ4v) is 8.79. The fraction of sp³-hybridized carbons (Fsp3) is 0.636. The van der Waals surface area contributed by atoms with Crippen molar-refractivity contribution in [3.63, 3.8) is 0 Å². The number of hydrogen-bond acceptors (Lipinski definition) is 4. The molecule has 26 heavy (non-hydrogen) atoms. The Morgan fingerprint density at radius 3 is 2.23 bits per heavy atom. The number of fused-ring (bicyclic) bond motifs is 1. The third kappa shape index (κ3) is 2.93. The Labute approximate surface area is 165 Å². The van der Waals surface area contributed by atoms with Gasteiger partial charge in [0.1, 0.15) is 5.76 Å². The van der Waals surface area contributed by atoms with Crippen molar-refractivity contribution in [3.05, 3.63) is 40.1 Å². The minimum Gasteiger partial charge on any atom is -0.512 e. The highest BCUT2D eigenvalue weighted by Gasteiger charge is 2.55. The van der Waals surface area contributed by atoms with Gasteiger partial charge in [-0.2, -0.15) is 0 Å². The number of benzene rings is 1. The first-order valence-corrected chi connectivity index (χ1v) is 12.0. The normalized spacial score (nSPS) is 30.2. The first-order chi connectivity index (χ1) is 12.5. The molecule has 1 aromatic rings. The maximum Gasteiger partial charge on any atom is 0.102 e. The zero-order chi connectivity index (χ0) is 18.5. The molecule has 1 saturated carbocycles. The van der Waals surface area contributed by atoms with Crippen LogP contribution in [0.25, 0.3) is 5.57 Å². The van der Waals surface area contributed by atoms with E-state index in [0.717, 1.165) is 36.8 Å². The molecule has 3 atom stereocenters. The van der Waals surface area contributed by atoms with Crippen LogP contribution in [0.5, 0.6) is 0 Å². The summed E-state index contributed by atoms with van der Waals surface area (Å²) < 4.78 is 0.225. The van der Waals surface area contributed by atoms with Crippen molar-refractivity contribution in [2.75, 3.05) is 11.5 Å². The van der Waals surface area contributed by atoms with Gasteiger partial charge in [0.05, 0.1) is 10.2 Å². The first kappa shape index (κ1) is 18.8. The standard InChI is InChI=1S/C22H30O2S2/c1-4-14-9-13(3)10-15(5-2)18(14)19-20(23)16-11-22(12-17(16)21(19)24)25-7-6-8-26-22/h9-10,16-17,20,23-24H,4-8,11-12H2,1-3H3/t16-,17+,20?/m1/s1. The molecule has 0 amide bonds. The third-order valence-corrected chi connectivity index (χ3v) is 9.83. The van der Waals surface area contributed by atoms with Crippen LogP contribution in [-0.4, -0.2) is 31.9 Å². The van der Waals surface area contributed by atoms with Crippen molar-refractivity contribution < 1.29 is 10.2 Å². The summed E-state index contributed by atoms with van der Waals surface area (Å²) in [7, 11) is 0. The van der Waals surface area contributed by atoms with Gasteiger partial charge < -0.3 is 10.2 Å². The van der Waals surface area contributed by atoms with Crippen molar-refractivity contribution in [1.29, 1.82) is 0 Å². The van der Waals surface area contributed by atoms with Crippen LogP contribution in [0.3, 0.4) is 0 Å². The van der Waals surface area contributed by atoms with E-state index in [4.69, 9.17) is 0 Å². The van der Waals surface area contributed by atoms with E-state index in [1.165, 1.54) is 34.6 Å². The molecule has 1 saturated heterocycles. The van der Waals surface area contributed by atoms with E-state index in [2.05, 4.69) is 56.4 Å². The highest BCUT2D eigenvalue weighted by molar-refractivity contribution is 8.18. The van der Waals surface area contributed by atoms with Crippen LogP contribution in [0.15, 0.2) is 17.9 Å². The van der Waals surface area contributed by atoms with Crippen LogP contribution in [-0.2, 0) is 12.8 Å². The molecule has 2 nitrogen and oxygen atoms in total. The SMILES string of the molecule is CCc1cc(C)cc(CC)c1C1=C(O)[C@H]2CC3(C[C@H]2C1O)SCCCS3. The summed E-state index contributed by atoms with van der Waals surface area (Å²) in [6, 6.07) is 4.45. The van der Waals surface area contributed by atoms with Crippen LogP contribution < -0.4 is 0 Å². The molecule has 1 spiro atoms. The molecule has 4 heteroatoms. The van der Waals surface area contributed by atoms with Crippen LogP contribution in [0.4, 0.5) is 0 Å². The van der Waals surface area contributed by atoms with Gasteiger partial charge in [0.15, 0.2) is 0 Å². The molecule has 3 aliphatic rings. The molecule has 4 rings (SSSR count). The fourth-order valence-electron chi connectivity index (χ4n) is 5.24. The second kappa shape index (κ2) is 7.10. The number of hydrogen-bond donors (Lipinski definition) is 2. The summed E-state index contributed by atoms with van der Waals surface area (Å²) in [5, 5.41) is 22.5. The van der Waals surface area contributed by atoms with E-state index in [-0.39, 0.29) is 15.9 Å². The zero-order valence-electron chi connectivity index (χ0n) is 16.0. The van der Waals surface area contributed by atoms with Gasteiger partial charge in [-0.3, -0.25) is 0 Å². The minimum absolute atomic E-state index is 0.133. The maximum atomic E-state index is 11.3. The molecule has 1 unspecified atom stereocenters. The smallest absolute Gasteiger partial charge is 0.102 e. The van der Waals surface area contributed by atoms with Crippen LogP contribution >= 0.6 is 23.5 Å². The number of aliphatic hydroxyl groups is 2. The molecule has 0 radical (unpaired) electrons. The summed E-state index contributed by atoms with van der Waals surface area (Å²) in [6.07, 6.45) is 4.65. The van der Waals surface area contributed by atoms with Crippen molar-refractivity contribution in [2.45, 2.75) is 63.1 Å². The van der Waals surface area contributed by atoms with E-state index in [0.29, 0.717) is 5.76 Å². The van der Waals surface area contributed by atoms with Gasteiger partial charge in [-0.1, -0.05) is 31.5 Å². The van der Waals surface area contributed by atoms with Gasteiger partial charge in [-0.25, -0.2) is 0 Å². The minimum atomic E-state index is -0.527. The second-order valence-corrected chi connectivity index (χ2v) is 11.3. The average Bonchev–Trinajstić information content (AvgIpc) is 3.10. The Morgan fingerprint density at radius 1 is 1.08 bits per heavy atom. The quantitative estimate of drug-likeness (QED) is 0.729. The van der Waals surface area contributed by atoms with E-state index in [1.54, 1.807) is 0 Å². The van der Waals surface area contributed by atoms with Crippen molar-refractivity contribution in [1.82, 2.24) is 0 Å². The van der Waals surface area contributed by atoms with Crippen LogP contribution in [0.1, 0.15) is 55.4 Å². The summed E-state index contributed by atoms with van der Waals surface area (Å²) in [6.45, 7) is 6.47. The van der Waals surface area contributed by atoms with Gasteiger partial charge in [0, 0.05) is 17.4 Å². The predicted octanol–water partition coefficient (Wildman–Crippen LogP) is 5.36. The number of aliphatic hydroxyl groups excluding tert-OH is 2. The lowest BCUT2D eigenvalue weighted by Crippen LogP contribution is -2.25. The summed E-state index contributed by atoms with van der Waals surface area (Å²) >= 11 is 4.13. The van der Waals surface area contributed by atoms with E-state index in [9.17, 15) is 10.2 Å². The van der Waals surface area contributed by atoms with Gasteiger partial charge in [-0.05, 0) is 67.2 Å². The molecular formula is C22H30O2S2. The van der Waals surface area contributed by atoms with Crippen molar-refractivity contribution in [3.8, 4) is 0 Å². The lowest BCUT2D eigenvalue weighted by Gasteiger charge is -2.33. The Kier molecular flexibility index (Phi) is 5.13. The molecule has 0 bridgehead atoms. The molecule has 2 fully saturated rings. The lowest BCUT2D eigenvalue weighted by atomic mass is 9.87. The number of aryl methyl sites for hydroxylation is 3. The van der Waals surface area contributed by atoms with Gasteiger partial charge in [0.25, 0.3) is 0 Å². The molecule has 142 valence electrons. The van der Waals surface area contributed by atoms with Crippen molar-refractivity contribution in [2.24, 2.45) is 11.8 Å². The molecule has 1 aromatic carbocycles. The lowest BCUT2D eigenvalue weighted by molar-refractivity contribution is 0.154. The van der Waals surface area contributed by atoms with Crippen molar-refractivity contribution >= 4 is 29.1 Å². The maximum absolute atomic E-state index is 11.3. The highest BCUT2D eigenvalue weighted by atomic mass is 32.2. The number of rotatable bonds is 3. The number of thioether (sulfide) groups is 2.